The summed E-state index contributed by atoms with van der Waals surface area (Å²) in [6.07, 6.45) is -1.94. The molecule has 2 saturated heterocycles. The van der Waals surface area contributed by atoms with Crippen LogP contribution in [0.15, 0.2) is 18.2 Å². The third-order valence-corrected chi connectivity index (χ3v) is 4.27. The zero-order chi connectivity index (χ0) is 14.5. The maximum absolute atomic E-state index is 12.9. The van der Waals surface area contributed by atoms with Crippen LogP contribution in [0.4, 0.5) is 13.2 Å². The van der Waals surface area contributed by atoms with Gasteiger partial charge in [-0.2, -0.15) is 13.2 Å². The van der Waals surface area contributed by atoms with E-state index in [9.17, 15) is 18.3 Å². The van der Waals surface area contributed by atoms with Gasteiger partial charge in [-0.3, -0.25) is 0 Å². The molecule has 3 rings (SSSR count). The van der Waals surface area contributed by atoms with Crippen LogP contribution >= 0.6 is 0 Å². The Morgan fingerprint density at radius 2 is 1.75 bits per heavy atom. The summed E-state index contributed by atoms with van der Waals surface area (Å²) in [6.45, 7) is 1.62. The summed E-state index contributed by atoms with van der Waals surface area (Å²) in [5, 5.41) is 10.8. The molecule has 2 fully saturated rings. The number of aryl methyl sites for hydroxylation is 1. The third-order valence-electron chi connectivity index (χ3n) is 4.27. The Labute approximate surface area is 115 Å². The Morgan fingerprint density at radius 3 is 2.30 bits per heavy atom. The van der Waals surface area contributed by atoms with Crippen molar-refractivity contribution in [3.8, 4) is 0 Å². The molecule has 0 aromatic heterocycles. The minimum absolute atomic E-state index is 0.0337. The van der Waals surface area contributed by atoms with E-state index in [1.807, 2.05) is 0 Å². The van der Waals surface area contributed by atoms with Crippen LogP contribution in [0.1, 0.15) is 42.4 Å². The first-order valence-corrected chi connectivity index (χ1v) is 6.83. The smallest absolute Gasteiger partial charge is 0.385 e. The van der Waals surface area contributed by atoms with E-state index in [2.05, 4.69) is 0 Å². The lowest BCUT2D eigenvalue weighted by Gasteiger charge is -2.37. The molecule has 2 aliphatic rings. The fourth-order valence-electron chi connectivity index (χ4n) is 3.37. The summed E-state index contributed by atoms with van der Waals surface area (Å²) >= 11 is 0. The van der Waals surface area contributed by atoms with E-state index in [1.165, 1.54) is 0 Å². The number of fused-ring (bicyclic) bond motifs is 2. The molecule has 0 spiro atoms. The Morgan fingerprint density at radius 1 is 1.15 bits per heavy atom. The van der Waals surface area contributed by atoms with Gasteiger partial charge in [0.15, 0.2) is 0 Å². The molecule has 5 heteroatoms. The van der Waals surface area contributed by atoms with Crippen LogP contribution in [-0.2, 0) is 16.5 Å². The predicted molar refractivity (Wildman–Crippen MR) is 67.2 cm³/mol. The molecular weight excluding hydrogens is 269 g/mol. The van der Waals surface area contributed by atoms with Crippen molar-refractivity contribution in [2.24, 2.45) is 0 Å². The van der Waals surface area contributed by atoms with Crippen LogP contribution in [-0.4, -0.2) is 17.3 Å². The molecule has 0 saturated carbocycles. The Balaban J connectivity index is 1.99. The second kappa shape index (κ2) is 4.46. The van der Waals surface area contributed by atoms with E-state index in [-0.39, 0.29) is 12.2 Å². The molecule has 2 aliphatic heterocycles. The first-order chi connectivity index (χ1) is 9.26. The van der Waals surface area contributed by atoms with Gasteiger partial charge in [0.05, 0.1) is 23.4 Å². The van der Waals surface area contributed by atoms with Crippen molar-refractivity contribution in [3.05, 3.63) is 34.9 Å². The molecule has 2 heterocycles. The molecule has 2 bridgehead atoms. The van der Waals surface area contributed by atoms with Gasteiger partial charge >= 0.3 is 6.18 Å². The average Bonchev–Trinajstić information content (AvgIpc) is 2.67. The second-order valence-electron chi connectivity index (χ2n) is 5.98. The van der Waals surface area contributed by atoms with Gasteiger partial charge in [-0.05, 0) is 37.5 Å². The molecular formula is C15H17F3O2. The zero-order valence-electron chi connectivity index (χ0n) is 11.2. The first kappa shape index (κ1) is 13.9. The number of hydrogen-bond acceptors (Lipinski definition) is 2. The quantitative estimate of drug-likeness (QED) is 0.855. The lowest BCUT2D eigenvalue weighted by atomic mass is 9.82. The van der Waals surface area contributed by atoms with Crippen molar-refractivity contribution in [3.63, 3.8) is 0 Å². The summed E-state index contributed by atoms with van der Waals surface area (Å²) in [5.41, 5.74) is -1.01. The lowest BCUT2D eigenvalue weighted by Crippen LogP contribution is -2.38. The molecule has 1 aromatic rings. The standard InChI is InChI=1S/C15H17F3O2/c1-9-4-10(6-11(5-9)15(16,17)18)14(19)7-12-2-3-13(8-14)20-12/h4-6,12-13,19H,2-3,7-8H2,1H3. The molecule has 110 valence electrons. The predicted octanol–water partition coefficient (Wildman–Crippen LogP) is 3.54. The van der Waals surface area contributed by atoms with Crippen LogP contribution in [0, 0.1) is 6.92 Å². The molecule has 2 unspecified atom stereocenters. The van der Waals surface area contributed by atoms with Crippen molar-refractivity contribution in [1.82, 2.24) is 0 Å². The van der Waals surface area contributed by atoms with Crippen molar-refractivity contribution >= 4 is 0 Å². The van der Waals surface area contributed by atoms with E-state index < -0.39 is 17.3 Å². The number of halogens is 3. The second-order valence-corrected chi connectivity index (χ2v) is 5.98. The van der Waals surface area contributed by atoms with Gasteiger partial charge in [0, 0.05) is 12.8 Å². The SMILES string of the molecule is Cc1cc(C(F)(F)F)cc(C2(O)CC3CCC(C2)O3)c1. The highest BCUT2D eigenvalue weighted by Gasteiger charge is 2.45. The van der Waals surface area contributed by atoms with Gasteiger partial charge in [0.2, 0.25) is 0 Å². The minimum Gasteiger partial charge on any atom is -0.385 e. The Bertz CT molecular complexity index is 512. The van der Waals surface area contributed by atoms with E-state index in [1.54, 1.807) is 13.0 Å². The normalized spacial score (nSPS) is 33.5. The van der Waals surface area contributed by atoms with Gasteiger partial charge in [-0.15, -0.1) is 0 Å². The highest BCUT2D eigenvalue weighted by Crippen LogP contribution is 2.45. The molecule has 2 nitrogen and oxygen atoms in total. The van der Waals surface area contributed by atoms with Crippen LogP contribution in [0.5, 0.6) is 0 Å². The van der Waals surface area contributed by atoms with E-state index in [4.69, 9.17) is 4.74 Å². The molecule has 2 atom stereocenters. The van der Waals surface area contributed by atoms with Gasteiger partial charge < -0.3 is 9.84 Å². The molecule has 20 heavy (non-hydrogen) atoms. The van der Waals surface area contributed by atoms with Gasteiger partial charge in [0.25, 0.3) is 0 Å². The minimum atomic E-state index is -4.39. The largest absolute Gasteiger partial charge is 0.416 e. The number of aliphatic hydroxyl groups is 1. The van der Waals surface area contributed by atoms with E-state index >= 15 is 0 Å². The highest BCUT2D eigenvalue weighted by molar-refractivity contribution is 5.35. The molecule has 0 radical (unpaired) electrons. The number of rotatable bonds is 1. The molecule has 1 N–H and O–H groups in total. The maximum atomic E-state index is 12.9. The number of alkyl halides is 3. The summed E-state index contributed by atoms with van der Waals surface area (Å²) in [7, 11) is 0. The monoisotopic (exact) mass is 286 g/mol. The van der Waals surface area contributed by atoms with Crippen molar-refractivity contribution in [2.45, 2.75) is 56.6 Å². The van der Waals surface area contributed by atoms with Gasteiger partial charge in [0.1, 0.15) is 0 Å². The summed E-state index contributed by atoms with van der Waals surface area (Å²) in [4.78, 5) is 0. The number of benzene rings is 1. The highest BCUT2D eigenvalue weighted by atomic mass is 19.4. The van der Waals surface area contributed by atoms with Crippen LogP contribution in [0.3, 0.4) is 0 Å². The van der Waals surface area contributed by atoms with Crippen LogP contribution in [0.2, 0.25) is 0 Å². The summed E-state index contributed by atoms with van der Waals surface area (Å²) in [6, 6.07) is 3.85. The fourth-order valence-corrected chi connectivity index (χ4v) is 3.37. The third kappa shape index (κ3) is 2.44. The Hall–Kier alpha value is -1.07. The maximum Gasteiger partial charge on any atom is 0.416 e. The number of ether oxygens (including phenoxy) is 1. The molecule has 0 amide bonds. The van der Waals surface area contributed by atoms with E-state index in [0.717, 1.165) is 25.0 Å². The lowest BCUT2D eigenvalue weighted by molar-refractivity contribution is -0.138. The van der Waals surface area contributed by atoms with Crippen molar-refractivity contribution in [2.75, 3.05) is 0 Å². The molecule has 1 aromatic carbocycles. The molecule has 0 aliphatic carbocycles. The average molecular weight is 286 g/mol. The van der Waals surface area contributed by atoms with Crippen molar-refractivity contribution in [1.29, 1.82) is 0 Å². The van der Waals surface area contributed by atoms with Crippen LogP contribution < -0.4 is 0 Å². The van der Waals surface area contributed by atoms with Gasteiger partial charge in [-0.25, -0.2) is 0 Å². The first-order valence-electron chi connectivity index (χ1n) is 6.83. The topological polar surface area (TPSA) is 29.5 Å². The zero-order valence-corrected chi connectivity index (χ0v) is 11.2. The van der Waals surface area contributed by atoms with Crippen molar-refractivity contribution < 1.29 is 23.0 Å². The number of hydrogen-bond donors (Lipinski definition) is 1. The summed E-state index contributed by atoms with van der Waals surface area (Å²) in [5.74, 6) is 0. The fraction of sp³-hybridized carbons (Fsp3) is 0.600. The van der Waals surface area contributed by atoms with Crippen LogP contribution in [0.25, 0.3) is 0 Å². The summed E-state index contributed by atoms with van der Waals surface area (Å²) < 4.78 is 44.4. The Kier molecular flexibility index (Phi) is 3.10. The van der Waals surface area contributed by atoms with E-state index in [0.29, 0.717) is 24.0 Å². The van der Waals surface area contributed by atoms with Gasteiger partial charge in [-0.1, -0.05) is 11.6 Å².